The van der Waals surface area contributed by atoms with Crippen molar-refractivity contribution in [1.29, 1.82) is 0 Å². The molecule has 170 valence electrons. The molecular formula is C23H35N5O3. The number of ether oxygens (including phenoxy) is 2. The lowest BCUT2D eigenvalue weighted by Gasteiger charge is -2.16. The normalized spacial score (nSPS) is 14.5. The highest BCUT2D eigenvalue weighted by molar-refractivity contribution is 5.78. The number of nitrogens with one attached hydrogen (secondary N) is 3. The summed E-state index contributed by atoms with van der Waals surface area (Å²) in [4.78, 5) is 18.0. The van der Waals surface area contributed by atoms with Gasteiger partial charge in [-0.3, -0.25) is 4.79 Å². The van der Waals surface area contributed by atoms with Crippen LogP contribution < -0.4 is 25.4 Å². The van der Waals surface area contributed by atoms with Crippen LogP contribution in [0.25, 0.3) is 0 Å². The summed E-state index contributed by atoms with van der Waals surface area (Å²) in [5, 5.41) is 8.70. The van der Waals surface area contributed by atoms with Gasteiger partial charge in [0.15, 0.2) is 11.5 Å². The quantitative estimate of drug-likeness (QED) is 0.330. The average Bonchev–Trinajstić information content (AvgIpc) is 3.28. The Morgan fingerprint density at radius 2 is 2.06 bits per heavy atom. The zero-order valence-corrected chi connectivity index (χ0v) is 18.9. The number of carbonyl (C=O) groups excluding carboxylic acids is 1. The summed E-state index contributed by atoms with van der Waals surface area (Å²) in [6.07, 6.45) is 6.99. The molecule has 0 aromatic heterocycles. The van der Waals surface area contributed by atoms with Gasteiger partial charge in [-0.1, -0.05) is 6.58 Å². The Morgan fingerprint density at radius 3 is 2.77 bits per heavy atom. The SMILES string of the molecule is C=C(N=C/C=C(\C)NCC(=O)NC)Nc1ccc(OC)c(OCCCN2CCCC2)c1. The van der Waals surface area contributed by atoms with Crippen LogP contribution in [0.15, 0.2) is 47.4 Å². The van der Waals surface area contributed by atoms with Crippen molar-refractivity contribution in [2.75, 3.05) is 52.3 Å². The van der Waals surface area contributed by atoms with Gasteiger partial charge in [-0.2, -0.15) is 0 Å². The van der Waals surface area contributed by atoms with E-state index in [4.69, 9.17) is 9.47 Å². The number of aliphatic imine (C=N–C) groups is 1. The summed E-state index contributed by atoms with van der Waals surface area (Å²) in [5.74, 6) is 1.80. The molecule has 0 aliphatic carbocycles. The predicted octanol–water partition coefficient (Wildman–Crippen LogP) is 2.75. The number of rotatable bonds is 13. The molecule has 8 nitrogen and oxygen atoms in total. The second-order valence-corrected chi connectivity index (χ2v) is 7.34. The van der Waals surface area contributed by atoms with Crippen LogP contribution in [0.2, 0.25) is 0 Å². The first-order valence-corrected chi connectivity index (χ1v) is 10.7. The van der Waals surface area contributed by atoms with Crippen molar-refractivity contribution in [3.63, 3.8) is 0 Å². The van der Waals surface area contributed by atoms with Crippen LogP contribution >= 0.6 is 0 Å². The molecule has 31 heavy (non-hydrogen) atoms. The van der Waals surface area contributed by atoms with Gasteiger partial charge in [-0.25, -0.2) is 4.99 Å². The van der Waals surface area contributed by atoms with E-state index in [1.807, 2.05) is 25.1 Å². The molecule has 1 aromatic carbocycles. The van der Waals surface area contributed by atoms with Gasteiger partial charge in [-0.05, 0) is 57.5 Å². The van der Waals surface area contributed by atoms with Crippen molar-refractivity contribution in [3.8, 4) is 11.5 Å². The van der Waals surface area contributed by atoms with Crippen molar-refractivity contribution >= 4 is 17.8 Å². The number of methoxy groups -OCH3 is 1. The molecule has 0 atom stereocenters. The fourth-order valence-corrected chi connectivity index (χ4v) is 3.15. The highest BCUT2D eigenvalue weighted by Gasteiger charge is 2.11. The molecule has 1 saturated heterocycles. The Bertz CT molecular complexity index is 785. The van der Waals surface area contributed by atoms with Crippen molar-refractivity contribution in [2.45, 2.75) is 26.2 Å². The maximum absolute atomic E-state index is 11.2. The summed E-state index contributed by atoms with van der Waals surface area (Å²) in [6.45, 7) is 10.1. The van der Waals surface area contributed by atoms with E-state index in [0.29, 0.717) is 23.9 Å². The molecule has 1 aliphatic rings. The predicted molar refractivity (Wildman–Crippen MR) is 126 cm³/mol. The highest BCUT2D eigenvalue weighted by Crippen LogP contribution is 2.30. The number of allylic oxidation sites excluding steroid dienone is 2. The van der Waals surface area contributed by atoms with Gasteiger partial charge in [-0.15, -0.1) is 0 Å². The maximum Gasteiger partial charge on any atom is 0.239 e. The molecule has 1 aromatic rings. The van der Waals surface area contributed by atoms with Crippen LogP contribution in [0.5, 0.6) is 11.5 Å². The third-order valence-electron chi connectivity index (χ3n) is 4.89. The van der Waals surface area contributed by atoms with E-state index < -0.39 is 0 Å². The van der Waals surface area contributed by atoms with Gasteiger partial charge in [0.05, 0.1) is 20.3 Å². The molecule has 0 bridgehead atoms. The summed E-state index contributed by atoms with van der Waals surface area (Å²) in [7, 11) is 3.24. The molecule has 1 fully saturated rings. The largest absolute Gasteiger partial charge is 0.493 e. The van der Waals surface area contributed by atoms with E-state index in [2.05, 4.69) is 32.4 Å². The number of hydrogen-bond acceptors (Lipinski definition) is 7. The third kappa shape index (κ3) is 9.13. The van der Waals surface area contributed by atoms with E-state index in [0.717, 1.165) is 24.4 Å². The molecule has 1 amide bonds. The highest BCUT2D eigenvalue weighted by atomic mass is 16.5. The molecule has 1 heterocycles. The monoisotopic (exact) mass is 429 g/mol. The van der Waals surface area contributed by atoms with E-state index in [1.54, 1.807) is 26.4 Å². The number of benzene rings is 1. The molecule has 0 radical (unpaired) electrons. The average molecular weight is 430 g/mol. The third-order valence-corrected chi connectivity index (χ3v) is 4.89. The number of anilines is 1. The second kappa shape index (κ2) is 13.3. The van der Waals surface area contributed by atoms with Crippen LogP contribution in [0.4, 0.5) is 5.69 Å². The minimum absolute atomic E-state index is 0.0793. The summed E-state index contributed by atoms with van der Waals surface area (Å²) >= 11 is 0. The van der Waals surface area contributed by atoms with Crippen molar-refractivity contribution < 1.29 is 14.3 Å². The Balaban J connectivity index is 1.83. The summed E-state index contributed by atoms with van der Waals surface area (Å²) in [5.41, 5.74) is 1.64. The first-order chi connectivity index (χ1) is 15.0. The molecule has 1 aliphatic heterocycles. The van der Waals surface area contributed by atoms with E-state index in [9.17, 15) is 4.79 Å². The van der Waals surface area contributed by atoms with Crippen LogP contribution in [-0.4, -0.2) is 64.0 Å². The Kier molecular flexibility index (Phi) is 10.4. The van der Waals surface area contributed by atoms with Crippen LogP contribution in [0.3, 0.4) is 0 Å². The number of hydrogen-bond donors (Lipinski definition) is 3. The first kappa shape index (κ1) is 24.3. The molecule has 2 rings (SSSR count). The maximum atomic E-state index is 11.2. The van der Waals surface area contributed by atoms with Gasteiger partial charge in [0, 0.05) is 37.3 Å². The van der Waals surface area contributed by atoms with E-state index >= 15 is 0 Å². The first-order valence-electron chi connectivity index (χ1n) is 10.7. The lowest BCUT2D eigenvalue weighted by molar-refractivity contribution is -0.119. The molecule has 0 saturated carbocycles. The molecule has 8 heteroatoms. The van der Waals surface area contributed by atoms with E-state index in [1.165, 1.54) is 25.9 Å². The zero-order valence-electron chi connectivity index (χ0n) is 18.9. The van der Waals surface area contributed by atoms with E-state index in [-0.39, 0.29) is 12.5 Å². The summed E-state index contributed by atoms with van der Waals surface area (Å²) in [6, 6.07) is 5.64. The van der Waals surface area contributed by atoms with Crippen molar-refractivity contribution in [3.05, 3.63) is 42.4 Å². The minimum atomic E-state index is -0.0793. The van der Waals surface area contributed by atoms with Gasteiger partial charge >= 0.3 is 0 Å². The Hall–Kier alpha value is -3.00. The molecule has 0 spiro atoms. The number of likely N-dealkylation sites (N-methyl/N-ethyl adjacent to an activating group) is 1. The fraction of sp³-hybridized carbons (Fsp3) is 0.478. The Morgan fingerprint density at radius 1 is 1.29 bits per heavy atom. The fourth-order valence-electron chi connectivity index (χ4n) is 3.15. The topological polar surface area (TPSA) is 87.2 Å². The zero-order chi connectivity index (χ0) is 22.5. The smallest absolute Gasteiger partial charge is 0.239 e. The van der Waals surface area contributed by atoms with Gasteiger partial charge in [0.2, 0.25) is 5.91 Å². The van der Waals surface area contributed by atoms with Crippen LogP contribution in [-0.2, 0) is 4.79 Å². The number of carbonyl (C=O) groups is 1. The Labute approximate surface area is 185 Å². The van der Waals surface area contributed by atoms with Crippen molar-refractivity contribution in [2.24, 2.45) is 4.99 Å². The molecule has 0 unspecified atom stereocenters. The minimum Gasteiger partial charge on any atom is -0.493 e. The number of nitrogens with zero attached hydrogens (tertiary/aromatic N) is 2. The second-order valence-electron chi connectivity index (χ2n) is 7.34. The van der Waals surface area contributed by atoms with Crippen LogP contribution in [0.1, 0.15) is 26.2 Å². The lowest BCUT2D eigenvalue weighted by Crippen LogP contribution is -2.30. The van der Waals surface area contributed by atoms with Gasteiger partial charge < -0.3 is 30.3 Å². The summed E-state index contributed by atoms with van der Waals surface area (Å²) < 4.78 is 11.4. The molecule has 3 N–H and O–H groups in total. The standard InChI is InChI=1S/C23H35N5O3/c1-18(26-17-23(29)24-3)10-11-25-19(2)27-20-8-9-21(30-4)22(16-20)31-15-7-14-28-12-5-6-13-28/h8-11,16,26-27H,2,5-7,12-15,17H2,1,3-4H3,(H,24,29)/b18-10+,25-11?. The van der Waals surface area contributed by atoms with Crippen LogP contribution in [0, 0.1) is 0 Å². The number of amides is 1. The van der Waals surface area contributed by atoms with Gasteiger partial charge in [0.25, 0.3) is 0 Å². The number of likely N-dealkylation sites (tertiary alicyclic amines) is 1. The van der Waals surface area contributed by atoms with Crippen molar-refractivity contribution in [1.82, 2.24) is 15.5 Å². The van der Waals surface area contributed by atoms with Gasteiger partial charge in [0.1, 0.15) is 5.82 Å². The lowest BCUT2D eigenvalue weighted by atomic mass is 10.2. The molecular weight excluding hydrogens is 394 g/mol.